The molecule has 1 N–H and O–H groups in total. The summed E-state index contributed by atoms with van der Waals surface area (Å²) in [5.74, 6) is -1.27. The number of hydrogen-bond donors (Lipinski definition) is 1. The van der Waals surface area contributed by atoms with Gasteiger partial charge in [0.25, 0.3) is 10.0 Å². The Morgan fingerprint density at radius 1 is 1.56 bits per heavy atom. The molecule has 0 amide bonds. The van der Waals surface area contributed by atoms with E-state index in [1.54, 1.807) is 24.4 Å². The average molecular weight is 289 g/mol. The van der Waals surface area contributed by atoms with Crippen LogP contribution in [0.25, 0.3) is 0 Å². The number of thiophene rings is 1. The first-order chi connectivity index (χ1) is 8.43. The fourth-order valence-electron chi connectivity index (χ4n) is 2.26. The number of piperidine rings is 1. The van der Waals surface area contributed by atoms with E-state index < -0.39 is 21.9 Å². The van der Waals surface area contributed by atoms with Crippen molar-refractivity contribution in [3.05, 3.63) is 17.5 Å². The molecule has 1 saturated heterocycles. The molecule has 0 bridgehead atoms. The van der Waals surface area contributed by atoms with Gasteiger partial charge in [-0.2, -0.15) is 4.31 Å². The minimum atomic E-state index is -3.46. The Balaban J connectivity index is 2.19. The summed E-state index contributed by atoms with van der Waals surface area (Å²) in [5.41, 5.74) is 0. The van der Waals surface area contributed by atoms with Gasteiger partial charge in [-0.1, -0.05) is 6.07 Å². The topological polar surface area (TPSA) is 74.7 Å². The van der Waals surface area contributed by atoms with Crippen LogP contribution in [-0.4, -0.2) is 36.4 Å². The van der Waals surface area contributed by atoms with Crippen molar-refractivity contribution in [2.75, 3.05) is 6.54 Å². The highest BCUT2D eigenvalue weighted by atomic mass is 32.2. The van der Waals surface area contributed by atoms with Gasteiger partial charge in [-0.15, -0.1) is 11.3 Å². The molecule has 0 aliphatic carbocycles. The average Bonchev–Trinajstić information content (AvgIpc) is 2.82. The second-order valence-corrected chi connectivity index (χ2v) is 7.52. The van der Waals surface area contributed by atoms with Gasteiger partial charge in [-0.05, 0) is 31.2 Å². The Kier molecular flexibility index (Phi) is 3.74. The number of hydrogen-bond acceptors (Lipinski definition) is 4. The lowest BCUT2D eigenvalue weighted by Gasteiger charge is -2.34. The number of carboxylic acids is 1. The van der Waals surface area contributed by atoms with Gasteiger partial charge < -0.3 is 5.11 Å². The van der Waals surface area contributed by atoms with Gasteiger partial charge in [0.15, 0.2) is 0 Å². The number of nitrogens with zero attached hydrogens (tertiary/aromatic N) is 1. The quantitative estimate of drug-likeness (QED) is 0.917. The number of sulfonamides is 1. The molecule has 18 heavy (non-hydrogen) atoms. The third-order valence-corrected chi connectivity index (χ3v) is 6.61. The Labute approximate surface area is 110 Å². The maximum Gasteiger partial charge on any atom is 0.306 e. The predicted molar refractivity (Wildman–Crippen MR) is 68.0 cm³/mol. The van der Waals surface area contributed by atoms with Crippen LogP contribution in [-0.2, 0) is 14.8 Å². The van der Waals surface area contributed by atoms with Crippen LogP contribution in [0.15, 0.2) is 21.7 Å². The minimum absolute atomic E-state index is 0.271. The van der Waals surface area contributed by atoms with Crippen molar-refractivity contribution in [3.8, 4) is 0 Å². The maximum atomic E-state index is 12.3. The van der Waals surface area contributed by atoms with E-state index in [2.05, 4.69) is 0 Å². The summed E-state index contributed by atoms with van der Waals surface area (Å²) in [5, 5.41) is 10.7. The molecular formula is C11H15NO4S2. The van der Waals surface area contributed by atoms with Gasteiger partial charge in [-0.25, -0.2) is 8.42 Å². The fraction of sp³-hybridized carbons (Fsp3) is 0.545. The summed E-state index contributed by atoms with van der Waals surface area (Å²) >= 11 is 1.19. The second-order valence-electron chi connectivity index (χ2n) is 4.46. The van der Waals surface area contributed by atoms with Gasteiger partial charge >= 0.3 is 5.97 Å². The van der Waals surface area contributed by atoms with E-state index in [0.29, 0.717) is 17.1 Å². The summed E-state index contributed by atoms with van der Waals surface area (Å²) in [6.07, 6.45) is 0.754. The molecule has 2 unspecified atom stereocenters. The molecule has 1 aromatic rings. The van der Waals surface area contributed by atoms with Gasteiger partial charge in [0.05, 0.1) is 5.92 Å². The first kappa shape index (κ1) is 13.5. The van der Waals surface area contributed by atoms with Crippen LogP contribution >= 0.6 is 11.3 Å². The maximum absolute atomic E-state index is 12.3. The fourth-order valence-corrected chi connectivity index (χ4v) is 5.03. The Morgan fingerprint density at radius 2 is 2.28 bits per heavy atom. The van der Waals surface area contributed by atoms with E-state index >= 15 is 0 Å². The molecule has 5 nitrogen and oxygen atoms in total. The van der Waals surface area contributed by atoms with Gasteiger partial charge in [0.1, 0.15) is 4.21 Å². The van der Waals surface area contributed by atoms with Crippen LogP contribution < -0.4 is 0 Å². The van der Waals surface area contributed by atoms with E-state index in [1.807, 2.05) is 0 Å². The summed E-state index contributed by atoms with van der Waals surface area (Å²) < 4.78 is 26.4. The number of carbonyl (C=O) groups is 1. The first-order valence-corrected chi connectivity index (χ1v) is 8.03. The normalized spacial score (nSPS) is 26.1. The summed E-state index contributed by atoms with van der Waals surface area (Å²) in [6, 6.07) is 3.01. The van der Waals surface area contributed by atoms with Crippen molar-refractivity contribution in [1.29, 1.82) is 0 Å². The molecule has 1 aliphatic heterocycles. The van der Waals surface area contributed by atoms with Crippen LogP contribution in [0, 0.1) is 5.92 Å². The molecular weight excluding hydrogens is 274 g/mol. The molecule has 2 atom stereocenters. The predicted octanol–water partition coefficient (Wildman–Crippen LogP) is 1.62. The molecule has 1 fully saturated rings. The second kappa shape index (κ2) is 4.99. The van der Waals surface area contributed by atoms with Crippen molar-refractivity contribution in [3.63, 3.8) is 0 Å². The van der Waals surface area contributed by atoms with E-state index in [0.717, 1.165) is 0 Å². The highest BCUT2D eigenvalue weighted by Crippen LogP contribution is 2.30. The van der Waals surface area contributed by atoms with Crippen LogP contribution in [0.3, 0.4) is 0 Å². The Hall–Kier alpha value is -0.920. The highest BCUT2D eigenvalue weighted by Gasteiger charge is 2.37. The molecule has 2 heterocycles. The van der Waals surface area contributed by atoms with E-state index in [-0.39, 0.29) is 12.6 Å². The Bertz CT molecular complexity index is 523. The number of rotatable bonds is 3. The lowest BCUT2D eigenvalue weighted by Crippen LogP contribution is -2.45. The summed E-state index contributed by atoms with van der Waals surface area (Å²) in [4.78, 5) is 10.9. The number of aliphatic carboxylic acids is 1. The first-order valence-electron chi connectivity index (χ1n) is 5.71. The van der Waals surface area contributed by atoms with E-state index in [9.17, 15) is 13.2 Å². The van der Waals surface area contributed by atoms with Crippen molar-refractivity contribution in [1.82, 2.24) is 4.31 Å². The van der Waals surface area contributed by atoms with Gasteiger partial charge in [-0.3, -0.25) is 4.79 Å². The molecule has 7 heteroatoms. The SMILES string of the molecule is CC1CC(C(=O)O)CCN1S(=O)(=O)c1cccs1. The van der Waals surface area contributed by atoms with Crippen molar-refractivity contribution < 1.29 is 18.3 Å². The monoisotopic (exact) mass is 289 g/mol. The zero-order chi connectivity index (χ0) is 13.3. The van der Waals surface area contributed by atoms with Crippen LogP contribution in [0.4, 0.5) is 0 Å². The van der Waals surface area contributed by atoms with Crippen LogP contribution in [0.1, 0.15) is 19.8 Å². The van der Waals surface area contributed by atoms with E-state index in [4.69, 9.17) is 5.11 Å². The lowest BCUT2D eigenvalue weighted by atomic mass is 9.93. The molecule has 100 valence electrons. The molecule has 0 radical (unpaired) electrons. The van der Waals surface area contributed by atoms with Crippen molar-refractivity contribution >= 4 is 27.3 Å². The third-order valence-electron chi connectivity index (χ3n) is 3.22. The molecule has 1 aromatic heterocycles. The molecule has 0 saturated carbocycles. The smallest absolute Gasteiger partial charge is 0.306 e. The largest absolute Gasteiger partial charge is 0.481 e. The van der Waals surface area contributed by atoms with Gasteiger partial charge in [0.2, 0.25) is 0 Å². The Morgan fingerprint density at radius 3 is 2.78 bits per heavy atom. The van der Waals surface area contributed by atoms with E-state index in [1.165, 1.54) is 15.6 Å². The zero-order valence-corrected chi connectivity index (χ0v) is 11.6. The van der Waals surface area contributed by atoms with Gasteiger partial charge in [0, 0.05) is 12.6 Å². The van der Waals surface area contributed by atoms with Crippen LogP contribution in [0.2, 0.25) is 0 Å². The summed E-state index contributed by atoms with van der Waals surface area (Å²) in [7, 11) is -3.46. The third kappa shape index (κ3) is 2.43. The number of carboxylic acid groups (broad SMARTS) is 1. The highest BCUT2D eigenvalue weighted by molar-refractivity contribution is 7.91. The lowest BCUT2D eigenvalue weighted by molar-refractivity contribution is -0.143. The molecule has 2 rings (SSSR count). The standard InChI is InChI=1S/C11H15NO4S2/c1-8-7-9(11(13)14)4-5-12(8)18(15,16)10-3-2-6-17-10/h2-3,6,8-9H,4-5,7H2,1H3,(H,13,14). The zero-order valence-electron chi connectivity index (χ0n) is 9.94. The van der Waals surface area contributed by atoms with Crippen molar-refractivity contribution in [2.24, 2.45) is 5.92 Å². The van der Waals surface area contributed by atoms with Crippen LogP contribution in [0.5, 0.6) is 0 Å². The summed E-state index contributed by atoms with van der Waals surface area (Å²) in [6.45, 7) is 2.04. The van der Waals surface area contributed by atoms with Crippen molar-refractivity contribution in [2.45, 2.75) is 30.0 Å². The molecule has 0 spiro atoms. The minimum Gasteiger partial charge on any atom is -0.481 e. The molecule has 1 aliphatic rings. The molecule has 0 aromatic carbocycles.